The van der Waals surface area contributed by atoms with Crippen molar-refractivity contribution < 1.29 is 9.59 Å². The van der Waals surface area contributed by atoms with E-state index in [0.717, 1.165) is 59.2 Å². The molecule has 1 N–H and O–H groups in total. The van der Waals surface area contributed by atoms with E-state index in [1.807, 2.05) is 71.6 Å². The third-order valence-corrected chi connectivity index (χ3v) is 9.80. The molecule has 2 heterocycles. The van der Waals surface area contributed by atoms with Crippen LogP contribution in [0.5, 0.6) is 0 Å². The molecule has 4 aromatic rings. The minimum absolute atomic E-state index is 0.0528. The van der Waals surface area contributed by atoms with Crippen LogP contribution in [-0.4, -0.2) is 42.9 Å². The van der Waals surface area contributed by atoms with E-state index in [2.05, 4.69) is 59.6 Å². The lowest BCUT2D eigenvalue weighted by molar-refractivity contribution is -0.114. The van der Waals surface area contributed by atoms with Gasteiger partial charge >= 0.3 is 0 Å². The summed E-state index contributed by atoms with van der Waals surface area (Å²) >= 11 is 1.47. The Morgan fingerprint density at radius 1 is 0.889 bits per heavy atom. The quantitative estimate of drug-likeness (QED) is 0.146. The van der Waals surface area contributed by atoms with Gasteiger partial charge in [0.15, 0.2) is 0 Å². The topological polar surface area (TPSA) is 52.7 Å². The van der Waals surface area contributed by atoms with Crippen LogP contribution in [0.25, 0.3) is 6.08 Å². The maximum Gasteiger partial charge on any atom is 0.265 e. The van der Waals surface area contributed by atoms with Gasteiger partial charge in [-0.05, 0) is 99.1 Å². The summed E-state index contributed by atoms with van der Waals surface area (Å²) in [4.78, 5) is 33.1. The van der Waals surface area contributed by atoms with E-state index in [1.165, 1.54) is 36.6 Å². The van der Waals surface area contributed by atoms with Gasteiger partial charge in [-0.25, -0.2) is 0 Å². The number of fused-ring (bicyclic) bond motifs is 1. The Kier molecular flexibility index (Phi) is 10.1. The molecule has 4 aromatic carbocycles. The van der Waals surface area contributed by atoms with Crippen LogP contribution in [0.15, 0.2) is 113 Å². The average molecular weight is 616 g/mol. The molecule has 6 rings (SSSR count). The lowest BCUT2D eigenvalue weighted by Crippen LogP contribution is -2.36. The number of likely N-dealkylation sites (tertiary alicyclic amines) is 1. The molecule has 0 aromatic heterocycles. The smallest absolute Gasteiger partial charge is 0.265 e. The summed E-state index contributed by atoms with van der Waals surface area (Å²) in [5.74, 6) is 0.605. The highest BCUT2D eigenvalue weighted by Crippen LogP contribution is 2.43. The lowest BCUT2D eigenvalue weighted by Gasteiger charge is -2.32. The van der Waals surface area contributed by atoms with Crippen molar-refractivity contribution >= 4 is 35.3 Å². The molecule has 0 bridgehead atoms. The molecule has 0 aliphatic carbocycles. The molecule has 0 unspecified atom stereocenters. The lowest BCUT2D eigenvalue weighted by atomic mass is 9.90. The minimum Gasteiger partial charge on any atom is -0.352 e. The molecule has 1 saturated heterocycles. The normalized spacial score (nSPS) is 16.5. The van der Waals surface area contributed by atoms with Gasteiger partial charge in [0.1, 0.15) is 0 Å². The number of piperidine rings is 1. The van der Waals surface area contributed by atoms with Gasteiger partial charge in [0.05, 0.1) is 17.1 Å². The first-order valence-corrected chi connectivity index (χ1v) is 16.8. The molecule has 2 aliphatic heterocycles. The Morgan fingerprint density at radius 2 is 1.62 bits per heavy atom. The Bertz CT molecular complexity index is 1650. The molecule has 0 spiro atoms. The van der Waals surface area contributed by atoms with Crippen molar-refractivity contribution in [3.63, 3.8) is 0 Å². The van der Waals surface area contributed by atoms with Crippen LogP contribution in [0.4, 0.5) is 5.69 Å². The zero-order valence-electron chi connectivity index (χ0n) is 26.0. The molecule has 1 fully saturated rings. The van der Waals surface area contributed by atoms with Crippen molar-refractivity contribution in [2.24, 2.45) is 5.92 Å². The zero-order valence-corrected chi connectivity index (χ0v) is 26.8. The highest BCUT2D eigenvalue weighted by atomic mass is 32.2. The van der Waals surface area contributed by atoms with Crippen LogP contribution in [0.3, 0.4) is 0 Å². The van der Waals surface area contributed by atoms with Gasteiger partial charge in [-0.15, -0.1) is 0 Å². The van der Waals surface area contributed by atoms with Gasteiger partial charge < -0.3 is 15.1 Å². The molecule has 230 valence electrons. The number of carbonyl (C=O) groups excluding carboxylic acids is 2. The largest absolute Gasteiger partial charge is 0.352 e. The van der Waals surface area contributed by atoms with E-state index in [-0.39, 0.29) is 11.8 Å². The average Bonchev–Trinajstić information content (AvgIpc) is 3.06. The van der Waals surface area contributed by atoms with Crippen molar-refractivity contribution in [1.82, 2.24) is 10.2 Å². The van der Waals surface area contributed by atoms with Crippen molar-refractivity contribution in [3.05, 3.63) is 136 Å². The number of carbonyl (C=O) groups is 2. The summed E-state index contributed by atoms with van der Waals surface area (Å²) in [6.45, 7) is 6.37. The first-order chi connectivity index (χ1) is 22.0. The van der Waals surface area contributed by atoms with Gasteiger partial charge in [0.25, 0.3) is 11.8 Å². The summed E-state index contributed by atoms with van der Waals surface area (Å²) in [5.41, 5.74) is 5.98. The Morgan fingerprint density at radius 3 is 2.38 bits per heavy atom. The number of nitrogens with zero attached hydrogens (tertiary/aromatic N) is 2. The first kappa shape index (κ1) is 30.9. The highest BCUT2D eigenvalue weighted by molar-refractivity contribution is 8.04. The third kappa shape index (κ3) is 8.13. The van der Waals surface area contributed by atoms with E-state index in [1.54, 1.807) is 0 Å². The predicted octanol–water partition coefficient (Wildman–Crippen LogP) is 7.75. The van der Waals surface area contributed by atoms with Gasteiger partial charge in [-0.2, -0.15) is 0 Å². The molecule has 2 amide bonds. The monoisotopic (exact) mass is 615 g/mol. The molecule has 6 heteroatoms. The van der Waals surface area contributed by atoms with Gasteiger partial charge in [0.2, 0.25) is 0 Å². The summed E-state index contributed by atoms with van der Waals surface area (Å²) in [5, 5.41) is 3.12. The highest BCUT2D eigenvalue weighted by Gasteiger charge is 2.30. The van der Waals surface area contributed by atoms with E-state index >= 15 is 0 Å². The van der Waals surface area contributed by atoms with Crippen LogP contribution < -0.4 is 10.2 Å². The second-order valence-corrected chi connectivity index (χ2v) is 13.3. The van der Waals surface area contributed by atoms with Gasteiger partial charge in [-0.3, -0.25) is 9.59 Å². The van der Waals surface area contributed by atoms with Gasteiger partial charge in [-0.1, -0.05) is 102 Å². The number of anilines is 1. The Hall–Kier alpha value is -4.13. The van der Waals surface area contributed by atoms with E-state index in [0.29, 0.717) is 23.6 Å². The van der Waals surface area contributed by atoms with E-state index in [9.17, 15) is 9.59 Å². The van der Waals surface area contributed by atoms with Crippen molar-refractivity contribution in [2.75, 3.05) is 31.1 Å². The van der Waals surface area contributed by atoms with Crippen molar-refractivity contribution in [3.8, 4) is 0 Å². The third-order valence-electron chi connectivity index (χ3n) is 8.72. The number of aryl methyl sites for hydroxylation is 1. The van der Waals surface area contributed by atoms with Gasteiger partial charge in [0, 0.05) is 17.0 Å². The van der Waals surface area contributed by atoms with E-state index < -0.39 is 0 Å². The Balaban J connectivity index is 1.07. The molecule has 2 aliphatic rings. The fourth-order valence-corrected chi connectivity index (χ4v) is 7.31. The number of hydrogen-bond donors (Lipinski definition) is 1. The minimum atomic E-state index is -0.0991. The summed E-state index contributed by atoms with van der Waals surface area (Å²) in [6, 6.07) is 34.7. The first-order valence-electron chi connectivity index (χ1n) is 16.0. The molecular weight excluding hydrogens is 575 g/mol. The SMILES string of the molecule is Cc1cccc(CN2C(=O)/C(=C/c3ccccc3)Sc3ccc(C(=O)NCCCN4CCC(Cc5ccccc5)CC4)cc32)c1. The molecule has 5 nitrogen and oxygen atoms in total. The zero-order chi connectivity index (χ0) is 31.0. The summed E-state index contributed by atoms with van der Waals surface area (Å²) in [7, 11) is 0. The predicted molar refractivity (Wildman–Crippen MR) is 185 cm³/mol. The van der Waals surface area contributed by atoms with Crippen molar-refractivity contribution in [1.29, 1.82) is 0 Å². The maximum atomic E-state index is 13.9. The Labute approximate surface area is 271 Å². The molecule has 0 atom stereocenters. The number of hydrogen-bond acceptors (Lipinski definition) is 4. The number of rotatable bonds is 10. The standard InChI is InChI=1S/C39H41N3O2S/c1-29-10-8-15-33(24-29)28-42-35-27-34(16-17-36(35)45-37(39(42)44)26-31-13-6-3-7-14-31)38(43)40-20-9-21-41-22-18-32(19-23-41)25-30-11-4-2-5-12-30/h2-8,10-17,24,26-27,32H,9,18-23,25,28H2,1H3,(H,40,43)/b37-26-. The van der Waals surface area contributed by atoms with Crippen LogP contribution in [0, 0.1) is 12.8 Å². The van der Waals surface area contributed by atoms with Crippen LogP contribution >= 0.6 is 11.8 Å². The van der Waals surface area contributed by atoms with Crippen LogP contribution in [-0.2, 0) is 17.8 Å². The van der Waals surface area contributed by atoms with Crippen LogP contribution in [0.1, 0.15) is 51.9 Å². The van der Waals surface area contributed by atoms with Crippen molar-refractivity contribution in [2.45, 2.75) is 44.0 Å². The summed E-state index contributed by atoms with van der Waals surface area (Å²) < 4.78 is 0. The summed E-state index contributed by atoms with van der Waals surface area (Å²) in [6.07, 6.45) is 6.50. The number of nitrogens with one attached hydrogen (secondary N) is 1. The number of amides is 2. The fourth-order valence-electron chi connectivity index (χ4n) is 6.27. The second kappa shape index (κ2) is 14.8. The number of benzene rings is 4. The van der Waals surface area contributed by atoms with Crippen LogP contribution in [0.2, 0.25) is 0 Å². The molecule has 45 heavy (non-hydrogen) atoms. The molecular formula is C39H41N3O2S. The number of thioether (sulfide) groups is 1. The second-order valence-electron chi connectivity index (χ2n) is 12.2. The van der Waals surface area contributed by atoms with E-state index in [4.69, 9.17) is 0 Å². The maximum absolute atomic E-state index is 13.9. The molecule has 0 radical (unpaired) electrons. The molecule has 0 saturated carbocycles. The fraction of sp³-hybridized carbons (Fsp3) is 0.282.